The van der Waals surface area contributed by atoms with Crippen LogP contribution in [0.4, 0.5) is 20.3 Å². The molecule has 3 N–H and O–H groups in total. The molecule has 4 rings (SSSR count). The Kier molecular flexibility index (Phi) is 7.69. The first kappa shape index (κ1) is 23.6. The fraction of sp³-hybridized carbons (Fsp3) is 0.240. The molecule has 3 aromatic rings. The molecule has 2 aromatic carbocycles. The molecule has 0 spiro atoms. The van der Waals surface area contributed by atoms with Crippen molar-refractivity contribution in [2.45, 2.75) is 37.8 Å². The summed E-state index contributed by atoms with van der Waals surface area (Å²) >= 11 is 6.08. The largest absolute Gasteiger partial charge is 0.367 e. The van der Waals surface area contributed by atoms with Crippen molar-refractivity contribution in [2.24, 2.45) is 4.99 Å². The van der Waals surface area contributed by atoms with Gasteiger partial charge in [-0.3, -0.25) is 4.79 Å². The smallest absolute Gasteiger partial charge is 0.280 e. The third-order valence-electron chi connectivity index (χ3n) is 5.55. The summed E-state index contributed by atoms with van der Waals surface area (Å²) in [5, 5.41) is 10.4. The van der Waals surface area contributed by atoms with Crippen LogP contribution in [0.25, 0.3) is 0 Å². The minimum atomic E-state index is -1.10. The standard InChI is InChI=1S/C25H24ClF2N5O/c26-17-4-3-5-20(15-17)32-25(33-24(34)16-7-12-21(27)22(28)14-16)31-19-10-8-18(9-11-19)30-23-6-1-2-13-29-23/h1-7,12-15,18-19H,8-11H2,(H,29,30)(H2,31,32,33,34)/t18-,19-. The van der Waals surface area contributed by atoms with Crippen molar-refractivity contribution in [1.29, 1.82) is 0 Å². The van der Waals surface area contributed by atoms with Crippen molar-refractivity contribution in [1.82, 2.24) is 10.3 Å². The van der Waals surface area contributed by atoms with E-state index in [9.17, 15) is 13.6 Å². The topological polar surface area (TPSA) is 78.4 Å². The monoisotopic (exact) mass is 483 g/mol. The van der Waals surface area contributed by atoms with Gasteiger partial charge in [-0.1, -0.05) is 23.7 Å². The molecule has 9 heteroatoms. The van der Waals surface area contributed by atoms with Crippen LogP contribution in [0.3, 0.4) is 0 Å². The van der Waals surface area contributed by atoms with Crippen LogP contribution in [0.5, 0.6) is 0 Å². The Labute approximate surface area is 201 Å². The second kappa shape index (κ2) is 11.1. The van der Waals surface area contributed by atoms with E-state index >= 15 is 0 Å². The Morgan fingerprint density at radius 3 is 2.44 bits per heavy atom. The van der Waals surface area contributed by atoms with Gasteiger partial charge in [0, 0.05) is 34.6 Å². The zero-order chi connectivity index (χ0) is 23.9. The Morgan fingerprint density at radius 2 is 1.74 bits per heavy atom. The highest BCUT2D eigenvalue weighted by Crippen LogP contribution is 2.22. The van der Waals surface area contributed by atoms with E-state index in [1.807, 2.05) is 18.2 Å². The molecule has 176 valence electrons. The van der Waals surface area contributed by atoms with Gasteiger partial charge in [-0.15, -0.1) is 0 Å². The van der Waals surface area contributed by atoms with E-state index in [-0.39, 0.29) is 17.6 Å². The first-order chi connectivity index (χ1) is 16.5. The predicted molar refractivity (Wildman–Crippen MR) is 130 cm³/mol. The van der Waals surface area contributed by atoms with E-state index in [1.165, 1.54) is 6.07 Å². The lowest BCUT2D eigenvalue weighted by Gasteiger charge is -2.31. The number of aromatic nitrogens is 1. The summed E-state index contributed by atoms with van der Waals surface area (Å²) in [6, 6.07) is 16.1. The third kappa shape index (κ3) is 6.51. The minimum Gasteiger partial charge on any atom is -0.367 e. The average molecular weight is 484 g/mol. The molecular formula is C25H24ClF2N5O. The maximum atomic E-state index is 13.6. The Morgan fingerprint density at radius 1 is 0.941 bits per heavy atom. The minimum absolute atomic E-state index is 0.0469. The van der Waals surface area contributed by atoms with E-state index in [2.05, 4.69) is 25.9 Å². The molecule has 0 unspecified atom stereocenters. The van der Waals surface area contributed by atoms with Crippen molar-refractivity contribution in [3.8, 4) is 0 Å². The van der Waals surface area contributed by atoms with Gasteiger partial charge in [0.15, 0.2) is 11.6 Å². The molecule has 1 aliphatic rings. The van der Waals surface area contributed by atoms with Crippen molar-refractivity contribution in [2.75, 3.05) is 10.6 Å². The summed E-state index contributed by atoms with van der Waals surface area (Å²) in [5.41, 5.74) is 0.594. The van der Waals surface area contributed by atoms with Gasteiger partial charge < -0.3 is 16.0 Å². The lowest BCUT2D eigenvalue weighted by atomic mass is 9.91. The highest BCUT2D eigenvalue weighted by molar-refractivity contribution is 6.30. The predicted octanol–water partition coefficient (Wildman–Crippen LogP) is 5.63. The van der Waals surface area contributed by atoms with Crippen molar-refractivity contribution >= 4 is 35.0 Å². The van der Waals surface area contributed by atoms with Crippen LogP contribution >= 0.6 is 11.6 Å². The second-order valence-corrected chi connectivity index (χ2v) is 8.52. The van der Waals surface area contributed by atoms with Crippen LogP contribution in [0.2, 0.25) is 5.02 Å². The highest BCUT2D eigenvalue weighted by Gasteiger charge is 2.23. The summed E-state index contributed by atoms with van der Waals surface area (Å²) in [7, 11) is 0. The number of hydrogen-bond acceptors (Lipinski definition) is 3. The first-order valence-electron chi connectivity index (χ1n) is 11.0. The van der Waals surface area contributed by atoms with Gasteiger partial charge in [-0.05, 0) is 74.2 Å². The van der Waals surface area contributed by atoms with Gasteiger partial charge in [-0.2, -0.15) is 4.99 Å². The number of carbonyl (C=O) groups is 1. The van der Waals surface area contributed by atoms with Gasteiger partial charge >= 0.3 is 0 Å². The number of nitrogens with one attached hydrogen (secondary N) is 3. The SMILES string of the molecule is O=C(/N=C(/Nc1cccc(Cl)c1)N[C@H]1CC[C@H](Nc2ccccn2)CC1)c1ccc(F)c(F)c1. The van der Waals surface area contributed by atoms with Crippen LogP contribution in [0, 0.1) is 11.6 Å². The van der Waals surface area contributed by atoms with Crippen molar-refractivity contribution < 1.29 is 13.6 Å². The zero-order valence-electron chi connectivity index (χ0n) is 18.3. The number of nitrogens with zero attached hydrogens (tertiary/aromatic N) is 2. The summed E-state index contributed by atoms with van der Waals surface area (Å²) in [5.74, 6) is -1.75. The number of aliphatic imine (C=N–C) groups is 1. The van der Waals surface area contributed by atoms with Crippen LogP contribution in [-0.2, 0) is 0 Å². The molecule has 1 heterocycles. The maximum Gasteiger partial charge on any atom is 0.280 e. The van der Waals surface area contributed by atoms with Crippen LogP contribution in [0.15, 0.2) is 71.9 Å². The van der Waals surface area contributed by atoms with E-state index in [0.29, 0.717) is 16.8 Å². The van der Waals surface area contributed by atoms with Gasteiger partial charge in [0.2, 0.25) is 5.96 Å². The number of halogens is 3. The molecule has 6 nitrogen and oxygen atoms in total. The summed E-state index contributed by atoms with van der Waals surface area (Å²) < 4.78 is 26.9. The Balaban J connectivity index is 1.45. The number of anilines is 2. The summed E-state index contributed by atoms with van der Waals surface area (Å²) in [6.45, 7) is 0. The van der Waals surface area contributed by atoms with Crippen LogP contribution in [0.1, 0.15) is 36.0 Å². The summed E-state index contributed by atoms with van der Waals surface area (Å²) in [6.07, 6.45) is 5.27. The molecule has 0 bridgehead atoms. The zero-order valence-corrected chi connectivity index (χ0v) is 19.0. The maximum absolute atomic E-state index is 13.6. The van der Waals surface area contributed by atoms with Crippen molar-refractivity contribution in [3.63, 3.8) is 0 Å². The number of hydrogen-bond donors (Lipinski definition) is 3. The van der Waals surface area contributed by atoms with E-state index < -0.39 is 17.5 Å². The molecule has 1 saturated carbocycles. The number of rotatable bonds is 5. The normalized spacial score (nSPS) is 18.3. The van der Waals surface area contributed by atoms with E-state index in [1.54, 1.807) is 30.5 Å². The molecular weight excluding hydrogens is 460 g/mol. The molecule has 1 aliphatic carbocycles. The van der Waals surface area contributed by atoms with Crippen LogP contribution < -0.4 is 16.0 Å². The Hall–Kier alpha value is -3.52. The number of benzene rings is 2. The molecule has 1 amide bonds. The molecule has 0 atom stereocenters. The van der Waals surface area contributed by atoms with Gasteiger partial charge in [-0.25, -0.2) is 13.8 Å². The molecule has 1 fully saturated rings. The highest BCUT2D eigenvalue weighted by atomic mass is 35.5. The lowest BCUT2D eigenvalue weighted by molar-refractivity contribution is 0.100. The summed E-state index contributed by atoms with van der Waals surface area (Å²) in [4.78, 5) is 21.1. The van der Waals surface area contributed by atoms with E-state index in [0.717, 1.165) is 43.6 Å². The fourth-order valence-electron chi connectivity index (χ4n) is 3.83. The fourth-order valence-corrected chi connectivity index (χ4v) is 4.02. The van der Waals surface area contributed by atoms with Crippen molar-refractivity contribution in [3.05, 3.63) is 89.1 Å². The average Bonchev–Trinajstić information content (AvgIpc) is 2.83. The molecule has 0 saturated heterocycles. The Bertz CT molecular complexity index is 1170. The van der Waals surface area contributed by atoms with Gasteiger partial charge in [0.25, 0.3) is 5.91 Å². The van der Waals surface area contributed by atoms with E-state index in [4.69, 9.17) is 11.6 Å². The molecule has 34 heavy (non-hydrogen) atoms. The number of guanidine groups is 1. The number of carbonyl (C=O) groups excluding carboxylic acids is 1. The number of amides is 1. The molecule has 1 aromatic heterocycles. The second-order valence-electron chi connectivity index (χ2n) is 8.08. The van der Waals surface area contributed by atoms with Gasteiger partial charge in [0.1, 0.15) is 5.82 Å². The quantitative estimate of drug-likeness (QED) is 0.323. The first-order valence-corrected chi connectivity index (χ1v) is 11.4. The molecule has 0 aliphatic heterocycles. The third-order valence-corrected chi connectivity index (χ3v) is 5.79. The van der Waals surface area contributed by atoms with Gasteiger partial charge in [0.05, 0.1) is 0 Å². The van der Waals surface area contributed by atoms with Crippen LogP contribution in [-0.4, -0.2) is 28.9 Å². The lowest BCUT2D eigenvalue weighted by Crippen LogP contribution is -2.43. The molecule has 0 radical (unpaired) electrons. The number of pyridine rings is 1.